The molecule has 5 nitrogen and oxygen atoms in total. The molecule has 0 saturated heterocycles. The van der Waals surface area contributed by atoms with Crippen LogP contribution in [0.2, 0.25) is 0 Å². The molecule has 1 aromatic rings. The van der Waals surface area contributed by atoms with Crippen LogP contribution >= 0.6 is 0 Å². The zero-order valence-electron chi connectivity index (χ0n) is 15.5. The van der Waals surface area contributed by atoms with Crippen LogP contribution in [0.3, 0.4) is 0 Å². The van der Waals surface area contributed by atoms with Gasteiger partial charge in [0.2, 0.25) is 12.7 Å². The largest absolute Gasteiger partial charge is 0.454 e. The van der Waals surface area contributed by atoms with E-state index in [4.69, 9.17) is 9.47 Å². The first-order valence-electron chi connectivity index (χ1n) is 9.44. The van der Waals surface area contributed by atoms with E-state index in [0.717, 1.165) is 35.6 Å². The maximum absolute atomic E-state index is 11.9. The van der Waals surface area contributed by atoms with E-state index in [2.05, 4.69) is 17.5 Å². The van der Waals surface area contributed by atoms with Crippen LogP contribution in [0.15, 0.2) is 23.3 Å². The topological polar surface area (TPSA) is 59.9 Å². The fourth-order valence-corrected chi connectivity index (χ4v) is 2.81. The Kier molecular flexibility index (Phi) is 8.29. The van der Waals surface area contributed by atoms with Gasteiger partial charge in [0.05, 0.1) is 5.71 Å². The minimum Gasteiger partial charge on any atom is -0.454 e. The van der Waals surface area contributed by atoms with E-state index in [1.165, 1.54) is 38.5 Å². The number of unbranched alkanes of at least 4 members (excludes halogenated alkanes) is 7. The molecule has 1 aromatic carbocycles. The van der Waals surface area contributed by atoms with Crippen LogP contribution in [0.5, 0.6) is 11.5 Å². The molecular formula is C20H30N2O3. The Labute approximate surface area is 150 Å². The summed E-state index contributed by atoms with van der Waals surface area (Å²) < 4.78 is 10.6. The molecule has 1 N–H and O–H groups in total. The van der Waals surface area contributed by atoms with Crippen LogP contribution in [-0.4, -0.2) is 18.4 Å². The lowest BCUT2D eigenvalue weighted by molar-refractivity contribution is -0.121. The van der Waals surface area contributed by atoms with Crippen LogP contribution in [0.1, 0.15) is 77.2 Å². The number of rotatable bonds is 11. The molecule has 25 heavy (non-hydrogen) atoms. The minimum atomic E-state index is -0.0222. The average Bonchev–Trinajstić information content (AvgIpc) is 3.09. The van der Waals surface area contributed by atoms with Crippen molar-refractivity contribution in [3.63, 3.8) is 0 Å². The number of hydrazone groups is 1. The third kappa shape index (κ3) is 6.77. The Morgan fingerprint density at radius 2 is 1.72 bits per heavy atom. The van der Waals surface area contributed by atoms with Crippen LogP contribution in [0, 0.1) is 0 Å². The Morgan fingerprint density at radius 3 is 2.48 bits per heavy atom. The predicted molar refractivity (Wildman–Crippen MR) is 100 cm³/mol. The van der Waals surface area contributed by atoms with Gasteiger partial charge in [-0.3, -0.25) is 4.79 Å². The first-order valence-corrected chi connectivity index (χ1v) is 9.44. The molecule has 2 rings (SSSR count). The second kappa shape index (κ2) is 10.7. The number of hydrogen-bond donors (Lipinski definition) is 1. The van der Waals surface area contributed by atoms with Crippen molar-refractivity contribution >= 4 is 11.6 Å². The molecule has 0 unspecified atom stereocenters. The van der Waals surface area contributed by atoms with Crippen molar-refractivity contribution in [3.8, 4) is 11.5 Å². The smallest absolute Gasteiger partial charge is 0.240 e. The number of fused-ring (bicyclic) bond motifs is 1. The van der Waals surface area contributed by atoms with Crippen molar-refractivity contribution in [1.29, 1.82) is 0 Å². The zero-order chi connectivity index (χ0) is 17.9. The minimum absolute atomic E-state index is 0.0222. The Bertz CT molecular complexity index is 584. The fraction of sp³-hybridized carbons (Fsp3) is 0.600. The number of carbonyl (C=O) groups excluding carboxylic acids is 1. The SMILES string of the molecule is CCCCCCCCCCC(=O)NN=C(C)c1ccc2c(c1)OCO2. The summed E-state index contributed by atoms with van der Waals surface area (Å²) >= 11 is 0. The van der Waals surface area contributed by atoms with Crippen molar-refractivity contribution in [2.45, 2.75) is 71.6 Å². The number of nitrogens with zero attached hydrogens (tertiary/aromatic N) is 1. The number of hydrogen-bond acceptors (Lipinski definition) is 4. The first kappa shape index (κ1) is 19.3. The van der Waals surface area contributed by atoms with Gasteiger partial charge in [0.1, 0.15) is 0 Å². The fourth-order valence-electron chi connectivity index (χ4n) is 2.81. The highest BCUT2D eigenvalue weighted by molar-refractivity contribution is 5.99. The third-order valence-corrected chi connectivity index (χ3v) is 4.40. The van der Waals surface area contributed by atoms with Gasteiger partial charge in [-0.05, 0) is 31.5 Å². The molecular weight excluding hydrogens is 316 g/mol. The Hall–Kier alpha value is -2.04. The molecule has 0 radical (unpaired) electrons. The summed E-state index contributed by atoms with van der Waals surface area (Å²) in [6, 6.07) is 5.65. The van der Waals surface area contributed by atoms with Gasteiger partial charge in [0.15, 0.2) is 11.5 Å². The van der Waals surface area contributed by atoms with Gasteiger partial charge < -0.3 is 9.47 Å². The molecule has 0 aliphatic carbocycles. The number of ether oxygens (including phenoxy) is 2. The van der Waals surface area contributed by atoms with Crippen LogP contribution in [-0.2, 0) is 4.79 Å². The van der Waals surface area contributed by atoms with E-state index < -0.39 is 0 Å². The lowest BCUT2D eigenvalue weighted by Gasteiger charge is -2.04. The zero-order valence-corrected chi connectivity index (χ0v) is 15.5. The molecule has 1 amide bonds. The summed E-state index contributed by atoms with van der Waals surface area (Å²) in [6.07, 6.45) is 10.4. The van der Waals surface area contributed by atoms with Crippen LogP contribution in [0.4, 0.5) is 0 Å². The molecule has 0 saturated carbocycles. The quantitative estimate of drug-likeness (QED) is 0.356. The molecule has 1 aliphatic rings. The lowest BCUT2D eigenvalue weighted by atomic mass is 10.1. The van der Waals surface area contributed by atoms with Crippen molar-refractivity contribution in [2.75, 3.05) is 6.79 Å². The highest BCUT2D eigenvalue weighted by atomic mass is 16.7. The maximum atomic E-state index is 11.9. The second-order valence-corrected chi connectivity index (χ2v) is 6.53. The van der Waals surface area contributed by atoms with E-state index in [1.54, 1.807) is 0 Å². The standard InChI is InChI=1S/C20H30N2O3/c1-3-4-5-6-7-8-9-10-11-20(23)22-21-16(2)17-12-13-18-19(14-17)25-15-24-18/h12-14H,3-11,15H2,1-2H3,(H,22,23). The third-order valence-electron chi connectivity index (χ3n) is 4.40. The number of amides is 1. The summed E-state index contributed by atoms with van der Waals surface area (Å²) in [7, 11) is 0. The molecule has 5 heteroatoms. The molecule has 0 fully saturated rings. The first-order chi connectivity index (χ1) is 12.2. The highest BCUT2D eigenvalue weighted by Gasteiger charge is 2.14. The van der Waals surface area contributed by atoms with E-state index in [-0.39, 0.29) is 12.7 Å². The van der Waals surface area contributed by atoms with Gasteiger partial charge in [0, 0.05) is 12.0 Å². The summed E-state index contributed by atoms with van der Waals surface area (Å²) in [5.74, 6) is 1.44. The predicted octanol–water partition coefficient (Wildman–Crippen LogP) is 4.79. The van der Waals surface area contributed by atoms with E-state index in [1.807, 2.05) is 25.1 Å². The average molecular weight is 346 g/mol. The van der Waals surface area contributed by atoms with Gasteiger partial charge in [0.25, 0.3) is 0 Å². The van der Waals surface area contributed by atoms with Gasteiger partial charge in [-0.1, -0.05) is 51.9 Å². The lowest BCUT2D eigenvalue weighted by Crippen LogP contribution is -2.18. The molecule has 0 spiro atoms. The normalized spacial score (nSPS) is 13.1. The van der Waals surface area contributed by atoms with Gasteiger partial charge >= 0.3 is 0 Å². The van der Waals surface area contributed by atoms with Crippen molar-refractivity contribution in [1.82, 2.24) is 5.43 Å². The summed E-state index contributed by atoms with van der Waals surface area (Å²) in [6.45, 7) is 4.35. The Morgan fingerprint density at radius 1 is 1.04 bits per heavy atom. The molecule has 1 heterocycles. The summed E-state index contributed by atoms with van der Waals surface area (Å²) in [5.41, 5.74) is 4.31. The summed E-state index contributed by atoms with van der Waals surface area (Å²) in [4.78, 5) is 11.9. The molecule has 0 atom stereocenters. The van der Waals surface area contributed by atoms with Gasteiger partial charge in [-0.25, -0.2) is 5.43 Å². The maximum Gasteiger partial charge on any atom is 0.240 e. The summed E-state index contributed by atoms with van der Waals surface area (Å²) in [5, 5.41) is 4.19. The van der Waals surface area contributed by atoms with Gasteiger partial charge in [-0.2, -0.15) is 5.10 Å². The van der Waals surface area contributed by atoms with Crippen LogP contribution in [0.25, 0.3) is 0 Å². The molecule has 0 aromatic heterocycles. The highest BCUT2D eigenvalue weighted by Crippen LogP contribution is 2.32. The Balaban J connectivity index is 1.62. The van der Waals surface area contributed by atoms with Crippen molar-refractivity contribution in [2.24, 2.45) is 5.10 Å². The molecule has 138 valence electrons. The van der Waals surface area contributed by atoms with Crippen LogP contribution < -0.4 is 14.9 Å². The van der Waals surface area contributed by atoms with Crippen molar-refractivity contribution in [3.05, 3.63) is 23.8 Å². The number of carbonyl (C=O) groups is 1. The van der Waals surface area contributed by atoms with E-state index in [0.29, 0.717) is 6.42 Å². The molecule has 0 bridgehead atoms. The number of nitrogens with one attached hydrogen (secondary N) is 1. The van der Waals surface area contributed by atoms with Crippen molar-refractivity contribution < 1.29 is 14.3 Å². The monoisotopic (exact) mass is 346 g/mol. The van der Waals surface area contributed by atoms with Gasteiger partial charge in [-0.15, -0.1) is 0 Å². The number of benzene rings is 1. The van der Waals surface area contributed by atoms with E-state index in [9.17, 15) is 4.79 Å². The van der Waals surface area contributed by atoms with E-state index >= 15 is 0 Å². The second-order valence-electron chi connectivity index (χ2n) is 6.53. The molecule has 1 aliphatic heterocycles.